The van der Waals surface area contributed by atoms with Crippen LogP contribution in [0, 0.1) is 0 Å². The van der Waals surface area contributed by atoms with E-state index < -0.39 is 16.0 Å². The average molecular weight is 255 g/mol. The topological polar surface area (TPSA) is 109 Å². The number of sulfonamides is 1. The van der Waals surface area contributed by atoms with Gasteiger partial charge in [0.15, 0.2) is 0 Å². The number of azide groups is 1. The summed E-state index contributed by atoms with van der Waals surface area (Å²) in [6.45, 7) is 1.90. The molecule has 0 aromatic heterocycles. The van der Waals surface area contributed by atoms with Gasteiger partial charge in [-0.2, -0.15) is 0 Å². The van der Waals surface area contributed by atoms with E-state index in [0.717, 1.165) is 0 Å². The molecule has 0 aliphatic rings. The molecule has 0 saturated heterocycles. The van der Waals surface area contributed by atoms with E-state index in [2.05, 4.69) is 9.43 Å². The first kappa shape index (κ1) is 13.0. The maximum absolute atomic E-state index is 11.3. The summed E-state index contributed by atoms with van der Waals surface area (Å²) >= 11 is 0. The fourth-order valence-electron chi connectivity index (χ4n) is 1.07. The molecule has 8 heteroatoms. The molecule has 1 rings (SSSR count). The van der Waals surface area contributed by atoms with E-state index in [1.807, 2.05) is 0 Å². The van der Waals surface area contributed by atoms with E-state index in [1.54, 1.807) is 6.92 Å². The second kappa shape index (κ2) is 5.33. The Balaban J connectivity index is 3.04. The maximum atomic E-state index is 11.3. The molecule has 0 bridgehead atoms. The van der Waals surface area contributed by atoms with Crippen molar-refractivity contribution >= 4 is 16.0 Å². The molecule has 7 nitrogen and oxygen atoms in total. The van der Waals surface area contributed by atoms with Crippen LogP contribution in [0.2, 0.25) is 0 Å². The molecule has 17 heavy (non-hydrogen) atoms. The maximum Gasteiger partial charge on any atom is 0.338 e. The number of esters is 1. The smallest absolute Gasteiger partial charge is 0.338 e. The van der Waals surface area contributed by atoms with Gasteiger partial charge in [0.25, 0.3) is 10.0 Å². The molecule has 0 radical (unpaired) electrons. The molecule has 0 aliphatic heterocycles. The molecule has 0 atom stereocenters. The van der Waals surface area contributed by atoms with Crippen LogP contribution in [0.5, 0.6) is 0 Å². The third-order valence-electron chi connectivity index (χ3n) is 1.81. The lowest BCUT2D eigenvalue weighted by Gasteiger charge is -2.02. The van der Waals surface area contributed by atoms with Gasteiger partial charge in [0.1, 0.15) is 0 Å². The van der Waals surface area contributed by atoms with Gasteiger partial charge >= 0.3 is 5.97 Å². The molecule has 0 heterocycles. The van der Waals surface area contributed by atoms with E-state index in [-0.39, 0.29) is 17.1 Å². The first-order chi connectivity index (χ1) is 8.01. The second-order valence-electron chi connectivity index (χ2n) is 2.89. The highest BCUT2D eigenvalue weighted by atomic mass is 32.2. The molecule has 0 unspecified atom stereocenters. The van der Waals surface area contributed by atoms with E-state index in [9.17, 15) is 13.2 Å². The van der Waals surface area contributed by atoms with Crippen molar-refractivity contribution in [1.82, 2.24) is 0 Å². The van der Waals surface area contributed by atoms with Gasteiger partial charge in [-0.15, -0.1) is 0 Å². The minimum absolute atomic E-state index is 0.177. The van der Waals surface area contributed by atoms with Crippen LogP contribution in [-0.4, -0.2) is 21.0 Å². The second-order valence-corrected chi connectivity index (χ2v) is 4.48. The van der Waals surface area contributed by atoms with Crippen molar-refractivity contribution in [1.29, 1.82) is 0 Å². The van der Waals surface area contributed by atoms with Gasteiger partial charge in [-0.25, -0.2) is 13.2 Å². The summed E-state index contributed by atoms with van der Waals surface area (Å²) in [5, 5.41) is 0. The zero-order valence-electron chi connectivity index (χ0n) is 8.90. The van der Waals surface area contributed by atoms with Crippen LogP contribution in [0.3, 0.4) is 0 Å². The van der Waals surface area contributed by atoms with Crippen molar-refractivity contribution in [3.05, 3.63) is 40.3 Å². The first-order valence-electron chi connectivity index (χ1n) is 4.60. The lowest BCUT2D eigenvalue weighted by Crippen LogP contribution is -2.05. The van der Waals surface area contributed by atoms with Crippen LogP contribution in [0.15, 0.2) is 33.7 Å². The van der Waals surface area contributed by atoms with E-state index in [1.165, 1.54) is 24.3 Å². The Kier molecular flexibility index (Phi) is 4.08. The van der Waals surface area contributed by atoms with Crippen LogP contribution in [0.4, 0.5) is 0 Å². The minimum Gasteiger partial charge on any atom is -0.462 e. The van der Waals surface area contributed by atoms with Crippen LogP contribution in [-0.2, 0) is 14.8 Å². The lowest BCUT2D eigenvalue weighted by molar-refractivity contribution is 0.0526. The predicted octanol–water partition coefficient (Wildman–Crippen LogP) is 1.86. The molecule has 0 saturated carbocycles. The van der Waals surface area contributed by atoms with Crippen molar-refractivity contribution in [2.24, 2.45) is 4.52 Å². The van der Waals surface area contributed by atoms with Crippen molar-refractivity contribution in [3.63, 3.8) is 0 Å². The highest BCUT2D eigenvalue weighted by Gasteiger charge is 2.13. The fourth-order valence-corrected chi connectivity index (χ4v) is 1.74. The molecule has 0 aliphatic carbocycles. The molecule has 0 amide bonds. The van der Waals surface area contributed by atoms with Gasteiger partial charge in [0, 0.05) is 9.43 Å². The van der Waals surface area contributed by atoms with Crippen LogP contribution < -0.4 is 0 Å². The Morgan fingerprint density at radius 2 is 2.00 bits per heavy atom. The standard InChI is InChI=1S/C9H9N3O4S/c1-2-16-9(13)7-3-5-8(6-4-7)17(14,15)12-11-10/h3-6H,2H2,1H3. The van der Waals surface area contributed by atoms with E-state index >= 15 is 0 Å². The van der Waals surface area contributed by atoms with Gasteiger partial charge in [0.05, 0.1) is 17.1 Å². The Hall–Kier alpha value is -2.05. The molecule has 90 valence electrons. The number of nitrogens with zero attached hydrogens (tertiary/aromatic N) is 3. The normalized spacial score (nSPS) is 10.4. The van der Waals surface area contributed by atoms with Gasteiger partial charge in [-0.3, -0.25) is 0 Å². The molecule has 0 fully saturated rings. The quantitative estimate of drug-likeness (QED) is 0.354. The highest BCUT2D eigenvalue weighted by molar-refractivity contribution is 7.90. The van der Waals surface area contributed by atoms with Crippen LogP contribution >= 0.6 is 0 Å². The van der Waals surface area contributed by atoms with Gasteiger partial charge in [-0.05, 0) is 36.7 Å². The largest absolute Gasteiger partial charge is 0.462 e. The summed E-state index contributed by atoms with van der Waals surface area (Å²) in [5.74, 6) is -0.541. The minimum atomic E-state index is -4.01. The zero-order valence-corrected chi connectivity index (χ0v) is 9.72. The Morgan fingerprint density at radius 1 is 1.41 bits per heavy atom. The number of ether oxygens (including phenoxy) is 1. The molecule has 0 N–H and O–H groups in total. The SMILES string of the molecule is CCOC(=O)c1ccc(S(=O)(=O)N=[N+]=[N-])cc1. The third-order valence-corrected chi connectivity index (χ3v) is 2.96. The van der Waals surface area contributed by atoms with Crippen molar-refractivity contribution in [3.8, 4) is 0 Å². The molecule has 1 aromatic carbocycles. The summed E-state index contributed by atoms with van der Waals surface area (Å²) < 4.78 is 30.0. The lowest BCUT2D eigenvalue weighted by atomic mass is 10.2. The monoisotopic (exact) mass is 255 g/mol. The number of carbonyl (C=O) groups excluding carboxylic acids is 1. The van der Waals surface area contributed by atoms with Gasteiger partial charge < -0.3 is 4.74 Å². The van der Waals surface area contributed by atoms with Crippen molar-refractivity contribution in [2.75, 3.05) is 6.61 Å². The van der Waals surface area contributed by atoms with Crippen LogP contribution in [0.25, 0.3) is 10.4 Å². The molecular formula is C9H9N3O4S. The number of carbonyl (C=O) groups is 1. The number of benzene rings is 1. The fraction of sp³-hybridized carbons (Fsp3) is 0.222. The predicted molar refractivity (Wildman–Crippen MR) is 58.7 cm³/mol. The zero-order chi connectivity index (χ0) is 12.9. The molecular weight excluding hydrogens is 246 g/mol. The summed E-state index contributed by atoms with van der Waals surface area (Å²) in [6.07, 6.45) is 0. The van der Waals surface area contributed by atoms with Gasteiger partial charge in [0.2, 0.25) is 0 Å². The first-order valence-corrected chi connectivity index (χ1v) is 6.04. The number of hydrogen-bond acceptors (Lipinski definition) is 4. The highest BCUT2D eigenvalue weighted by Crippen LogP contribution is 2.14. The Morgan fingerprint density at radius 3 is 2.47 bits per heavy atom. The van der Waals surface area contributed by atoms with Gasteiger partial charge in [-0.1, -0.05) is 0 Å². The molecule has 1 aromatic rings. The summed E-state index contributed by atoms with van der Waals surface area (Å²) in [7, 11) is -4.01. The van der Waals surface area contributed by atoms with Crippen molar-refractivity contribution in [2.45, 2.75) is 11.8 Å². The summed E-state index contributed by atoms with van der Waals surface area (Å²) in [6, 6.07) is 4.93. The van der Waals surface area contributed by atoms with Crippen LogP contribution in [0.1, 0.15) is 17.3 Å². The summed E-state index contributed by atoms with van der Waals surface area (Å²) in [5.41, 5.74) is 8.31. The van der Waals surface area contributed by atoms with E-state index in [4.69, 9.17) is 10.3 Å². The molecule has 0 spiro atoms. The third kappa shape index (κ3) is 3.20. The Bertz CT molecular complexity index is 558. The average Bonchev–Trinajstić information content (AvgIpc) is 2.29. The van der Waals surface area contributed by atoms with Crippen molar-refractivity contribution < 1.29 is 17.9 Å². The Labute approximate surface area is 97.7 Å². The number of rotatable bonds is 4. The summed E-state index contributed by atoms with van der Waals surface area (Å²) in [4.78, 5) is 13.3. The van der Waals surface area contributed by atoms with E-state index in [0.29, 0.717) is 0 Å². The number of hydrogen-bond donors (Lipinski definition) is 0.